The Morgan fingerprint density at radius 2 is 2.18 bits per heavy atom. The summed E-state index contributed by atoms with van der Waals surface area (Å²) >= 11 is 0. The molecule has 0 aliphatic rings. The molecule has 0 saturated heterocycles. The summed E-state index contributed by atoms with van der Waals surface area (Å²) in [6.45, 7) is 2.08. The lowest BCUT2D eigenvalue weighted by molar-refractivity contribution is 1.11. The molecule has 0 heterocycles. The summed E-state index contributed by atoms with van der Waals surface area (Å²) < 4.78 is 0. The van der Waals surface area contributed by atoms with Crippen LogP contribution in [0.1, 0.15) is 16.7 Å². The highest BCUT2D eigenvalue weighted by molar-refractivity contribution is 6.09. The Hall–Kier alpha value is -2.03. The number of hydrogen-bond donors (Lipinski definition) is 2. The van der Waals surface area contributed by atoms with Crippen LogP contribution in [0.5, 0.6) is 0 Å². The van der Waals surface area contributed by atoms with E-state index in [1.165, 1.54) is 11.1 Å². The number of nitrogens with two attached hydrogens (primary N) is 1. The molecule has 0 aliphatic carbocycles. The average Bonchev–Trinajstić information content (AvgIpc) is 2.35. The van der Waals surface area contributed by atoms with Crippen molar-refractivity contribution in [1.29, 1.82) is 0 Å². The van der Waals surface area contributed by atoms with Gasteiger partial charge in [0.15, 0.2) is 0 Å². The monoisotopic (exact) mass is 229 g/mol. The zero-order chi connectivity index (χ0) is 12.7. The minimum Gasteiger partial charge on any atom is -0.404 e. The fourth-order valence-corrected chi connectivity index (χ4v) is 1.53. The van der Waals surface area contributed by atoms with Crippen LogP contribution in [0, 0.1) is 6.92 Å². The minimum atomic E-state index is 0.923. The lowest BCUT2D eigenvalue weighted by atomic mass is 10.0. The second-order valence-corrected chi connectivity index (χ2v) is 3.70. The molecular formula is C14H19N3. The fraction of sp³-hybridized carbons (Fsp3) is 0.214. The summed E-state index contributed by atoms with van der Waals surface area (Å²) in [7, 11) is 3.62. The van der Waals surface area contributed by atoms with Crippen molar-refractivity contribution >= 4 is 17.9 Å². The van der Waals surface area contributed by atoms with Crippen molar-refractivity contribution in [2.45, 2.75) is 6.92 Å². The van der Waals surface area contributed by atoms with Gasteiger partial charge in [-0.25, -0.2) is 0 Å². The van der Waals surface area contributed by atoms with E-state index in [2.05, 4.69) is 29.4 Å². The van der Waals surface area contributed by atoms with E-state index in [-0.39, 0.29) is 0 Å². The first-order valence-electron chi connectivity index (χ1n) is 5.51. The number of nitrogens with zero attached hydrogens (tertiary/aromatic N) is 1. The van der Waals surface area contributed by atoms with E-state index >= 15 is 0 Å². The number of rotatable bonds is 4. The Morgan fingerprint density at radius 1 is 1.41 bits per heavy atom. The van der Waals surface area contributed by atoms with Crippen molar-refractivity contribution in [3.63, 3.8) is 0 Å². The molecule has 3 heteroatoms. The third-order valence-corrected chi connectivity index (χ3v) is 2.49. The molecule has 0 fully saturated rings. The summed E-state index contributed by atoms with van der Waals surface area (Å²) in [6, 6.07) is 6.23. The summed E-state index contributed by atoms with van der Waals surface area (Å²) in [5.41, 5.74) is 9.98. The van der Waals surface area contributed by atoms with E-state index in [0.29, 0.717) is 0 Å². The van der Waals surface area contributed by atoms with Gasteiger partial charge in [-0.15, -0.1) is 0 Å². The van der Waals surface area contributed by atoms with Gasteiger partial charge < -0.3 is 11.1 Å². The molecule has 0 aromatic heterocycles. The summed E-state index contributed by atoms with van der Waals surface area (Å²) in [5, 5.41) is 2.99. The summed E-state index contributed by atoms with van der Waals surface area (Å²) in [6.07, 6.45) is 7.28. The molecule has 0 unspecified atom stereocenters. The number of aryl methyl sites for hydroxylation is 1. The van der Waals surface area contributed by atoms with Crippen molar-refractivity contribution in [3.8, 4) is 0 Å². The molecule has 0 radical (unpaired) electrons. The van der Waals surface area contributed by atoms with Gasteiger partial charge in [0.25, 0.3) is 0 Å². The van der Waals surface area contributed by atoms with Crippen LogP contribution in [-0.2, 0) is 0 Å². The number of aliphatic imine (C=N–C) groups is 1. The number of allylic oxidation sites excluding steroid dienone is 1. The number of benzene rings is 1. The van der Waals surface area contributed by atoms with E-state index in [0.717, 1.165) is 11.1 Å². The van der Waals surface area contributed by atoms with Crippen molar-refractivity contribution in [1.82, 2.24) is 5.32 Å². The van der Waals surface area contributed by atoms with Gasteiger partial charge in [0, 0.05) is 32.1 Å². The zero-order valence-electron chi connectivity index (χ0n) is 10.6. The second-order valence-electron chi connectivity index (χ2n) is 3.70. The van der Waals surface area contributed by atoms with E-state index < -0.39 is 0 Å². The smallest absolute Gasteiger partial charge is 0.0301 e. The van der Waals surface area contributed by atoms with Crippen LogP contribution in [0.15, 0.2) is 35.6 Å². The van der Waals surface area contributed by atoms with Gasteiger partial charge in [0.05, 0.1) is 0 Å². The Morgan fingerprint density at radius 3 is 2.76 bits per heavy atom. The Labute approximate surface area is 103 Å². The van der Waals surface area contributed by atoms with E-state index in [4.69, 9.17) is 5.73 Å². The maximum absolute atomic E-state index is 5.60. The summed E-state index contributed by atoms with van der Waals surface area (Å²) in [4.78, 5) is 3.99. The molecule has 17 heavy (non-hydrogen) atoms. The molecule has 3 nitrogen and oxygen atoms in total. The first kappa shape index (κ1) is 13.0. The maximum atomic E-state index is 5.60. The minimum absolute atomic E-state index is 0.923. The van der Waals surface area contributed by atoms with Gasteiger partial charge in [-0.1, -0.05) is 12.1 Å². The first-order valence-corrected chi connectivity index (χ1v) is 5.51. The van der Waals surface area contributed by atoms with Crippen LogP contribution in [0.4, 0.5) is 0 Å². The molecule has 0 saturated carbocycles. The quantitative estimate of drug-likeness (QED) is 0.777. The highest BCUT2D eigenvalue weighted by atomic mass is 14.8. The van der Waals surface area contributed by atoms with Crippen LogP contribution in [-0.4, -0.2) is 20.3 Å². The van der Waals surface area contributed by atoms with Gasteiger partial charge in [0.1, 0.15) is 0 Å². The highest BCUT2D eigenvalue weighted by Crippen LogP contribution is 2.18. The second kappa shape index (κ2) is 6.53. The van der Waals surface area contributed by atoms with Crippen molar-refractivity contribution < 1.29 is 0 Å². The van der Waals surface area contributed by atoms with Gasteiger partial charge in [0.2, 0.25) is 0 Å². The largest absolute Gasteiger partial charge is 0.404 e. The predicted molar refractivity (Wildman–Crippen MR) is 75.9 cm³/mol. The van der Waals surface area contributed by atoms with Crippen LogP contribution >= 0.6 is 0 Å². The third-order valence-electron chi connectivity index (χ3n) is 2.49. The molecule has 3 N–H and O–H groups in total. The predicted octanol–water partition coefficient (Wildman–Crippen LogP) is 2.19. The van der Waals surface area contributed by atoms with Gasteiger partial charge >= 0.3 is 0 Å². The summed E-state index contributed by atoms with van der Waals surface area (Å²) in [5.74, 6) is 0. The fourth-order valence-electron chi connectivity index (χ4n) is 1.53. The lowest BCUT2D eigenvalue weighted by Crippen LogP contribution is -1.95. The van der Waals surface area contributed by atoms with E-state index in [1.807, 2.05) is 25.4 Å². The van der Waals surface area contributed by atoms with Gasteiger partial charge in [-0.3, -0.25) is 4.99 Å². The Bertz CT molecular complexity index is 457. The van der Waals surface area contributed by atoms with Crippen LogP contribution in [0.25, 0.3) is 11.6 Å². The average molecular weight is 229 g/mol. The molecule has 0 bridgehead atoms. The number of nitrogens with one attached hydrogen (secondary N) is 1. The van der Waals surface area contributed by atoms with Crippen molar-refractivity contribution in [2.75, 3.05) is 14.1 Å². The molecule has 1 rings (SSSR count). The van der Waals surface area contributed by atoms with Crippen LogP contribution in [0.2, 0.25) is 0 Å². The van der Waals surface area contributed by atoms with Crippen molar-refractivity contribution in [2.24, 2.45) is 10.7 Å². The van der Waals surface area contributed by atoms with Gasteiger partial charge in [-0.05, 0) is 42.0 Å². The van der Waals surface area contributed by atoms with Gasteiger partial charge in [-0.2, -0.15) is 0 Å². The molecule has 1 aromatic rings. The molecular weight excluding hydrogens is 210 g/mol. The van der Waals surface area contributed by atoms with Crippen LogP contribution < -0.4 is 11.1 Å². The van der Waals surface area contributed by atoms with E-state index in [1.54, 1.807) is 19.5 Å². The Kier molecular flexibility index (Phi) is 5.01. The van der Waals surface area contributed by atoms with Crippen molar-refractivity contribution in [3.05, 3.63) is 47.3 Å². The first-order chi connectivity index (χ1) is 8.22. The highest BCUT2D eigenvalue weighted by Gasteiger charge is 2.01. The zero-order valence-corrected chi connectivity index (χ0v) is 10.6. The molecule has 90 valence electrons. The Balaban J connectivity index is 3.15. The topological polar surface area (TPSA) is 50.4 Å². The molecule has 0 amide bonds. The van der Waals surface area contributed by atoms with E-state index in [9.17, 15) is 0 Å². The molecule has 0 aliphatic heterocycles. The maximum Gasteiger partial charge on any atom is 0.0301 e. The third kappa shape index (κ3) is 3.48. The molecule has 0 spiro atoms. The normalized spacial score (nSPS) is 12.5. The standard InChI is InChI=1S/C14H19N3/c1-11-4-5-13(14(9-15)10-17-3)8-12(11)6-7-16-2/h4-10,16H,15H2,1-3H3/b7-6-,14-9?,17-10?. The van der Waals surface area contributed by atoms with Crippen LogP contribution in [0.3, 0.4) is 0 Å². The molecule has 1 aromatic carbocycles. The molecule has 0 atom stereocenters. The number of hydrogen-bond acceptors (Lipinski definition) is 3. The lowest BCUT2D eigenvalue weighted by Gasteiger charge is -2.06. The SMILES string of the molecule is CN=CC(=CN)c1ccc(C)c(/C=C\NC)c1.